The van der Waals surface area contributed by atoms with Crippen LogP contribution in [0.15, 0.2) is 40.6 Å². The lowest BCUT2D eigenvalue weighted by Gasteiger charge is -2.06. The number of thiazole rings is 1. The van der Waals surface area contributed by atoms with Crippen molar-refractivity contribution in [2.24, 2.45) is 0 Å². The number of nitrogens with zero attached hydrogens (tertiary/aromatic N) is 3. The Bertz CT molecular complexity index is 978. The molecule has 0 atom stereocenters. The van der Waals surface area contributed by atoms with Crippen LogP contribution in [-0.4, -0.2) is 29.7 Å². The van der Waals surface area contributed by atoms with Crippen molar-refractivity contribution >= 4 is 33.0 Å². The fraction of sp³-hybridized carbons (Fsp3) is 0.250. The number of nitrogens with one attached hydrogen (secondary N) is 1. The summed E-state index contributed by atoms with van der Waals surface area (Å²) in [6.07, 6.45) is 0.503. The van der Waals surface area contributed by atoms with Crippen LogP contribution in [0.4, 0.5) is 0 Å². The third kappa shape index (κ3) is 4.27. The fourth-order valence-electron chi connectivity index (χ4n) is 2.34. The minimum absolute atomic E-state index is 0.193. The van der Waals surface area contributed by atoms with Gasteiger partial charge in [-0.25, -0.2) is 22.8 Å². The number of hydrogen-bond acceptors (Lipinski definition) is 5. The number of aryl methyl sites for hydroxylation is 2. The SMILES string of the molecule is Cc1cc(C)n(-c2nc(CCNS(=O)(=O)c3ccc(Cl)cc3)cs2)n1. The molecule has 6 nitrogen and oxygen atoms in total. The molecule has 0 unspecified atom stereocenters. The van der Waals surface area contributed by atoms with Crippen LogP contribution in [-0.2, 0) is 16.4 Å². The molecule has 25 heavy (non-hydrogen) atoms. The first-order valence-corrected chi connectivity index (χ1v) is 10.3. The van der Waals surface area contributed by atoms with Crippen LogP contribution in [0.1, 0.15) is 17.1 Å². The van der Waals surface area contributed by atoms with Crippen LogP contribution in [0.3, 0.4) is 0 Å². The summed E-state index contributed by atoms with van der Waals surface area (Å²) < 4.78 is 28.8. The van der Waals surface area contributed by atoms with Gasteiger partial charge < -0.3 is 0 Å². The van der Waals surface area contributed by atoms with E-state index in [0.29, 0.717) is 11.4 Å². The molecule has 9 heteroatoms. The van der Waals surface area contributed by atoms with Gasteiger partial charge in [-0.3, -0.25) is 0 Å². The van der Waals surface area contributed by atoms with Crippen molar-refractivity contribution in [1.29, 1.82) is 0 Å². The van der Waals surface area contributed by atoms with Gasteiger partial charge >= 0.3 is 0 Å². The maximum Gasteiger partial charge on any atom is 0.240 e. The third-order valence-corrected chi connectivity index (χ3v) is 6.12. The summed E-state index contributed by atoms with van der Waals surface area (Å²) in [5.74, 6) is 0. The van der Waals surface area contributed by atoms with Crippen molar-refractivity contribution in [2.45, 2.75) is 25.2 Å². The molecule has 0 fully saturated rings. The van der Waals surface area contributed by atoms with Crippen LogP contribution < -0.4 is 4.72 Å². The van der Waals surface area contributed by atoms with Crippen molar-refractivity contribution in [1.82, 2.24) is 19.5 Å². The number of aromatic nitrogens is 3. The second kappa shape index (κ2) is 7.25. The second-order valence-corrected chi connectivity index (χ2v) is 8.60. The molecule has 0 bridgehead atoms. The molecule has 1 aromatic carbocycles. The molecular formula is C16H17ClN4O2S2. The first-order valence-electron chi connectivity index (χ1n) is 7.58. The van der Waals surface area contributed by atoms with Gasteiger partial charge in [0.2, 0.25) is 15.2 Å². The predicted molar refractivity (Wildman–Crippen MR) is 99.1 cm³/mol. The van der Waals surface area contributed by atoms with E-state index in [0.717, 1.165) is 22.2 Å². The van der Waals surface area contributed by atoms with Crippen LogP contribution >= 0.6 is 22.9 Å². The van der Waals surface area contributed by atoms with Gasteiger partial charge in [0, 0.05) is 29.1 Å². The molecule has 0 aliphatic carbocycles. The van der Waals surface area contributed by atoms with Gasteiger partial charge in [0.05, 0.1) is 16.3 Å². The van der Waals surface area contributed by atoms with E-state index in [1.807, 2.05) is 25.3 Å². The quantitative estimate of drug-likeness (QED) is 0.694. The predicted octanol–water partition coefficient (Wildman–Crippen LogP) is 3.12. The van der Waals surface area contributed by atoms with E-state index >= 15 is 0 Å². The van der Waals surface area contributed by atoms with Crippen LogP contribution in [0, 0.1) is 13.8 Å². The zero-order valence-corrected chi connectivity index (χ0v) is 16.1. The molecule has 3 rings (SSSR count). The molecule has 0 aliphatic rings. The minimum Gasteiger partial charge on any atom is -0.223 e. The lowest BCUT2D eigenvalue weighted by Crippen LogP contribution is -2.26. The number of benzene rings is 1. The molecule has 0 radical (unpaired) electrons. The van der Waals surface area contributed by atoms with Crippen molar-refractivity contribution < 1.29 is 8.42 Å². The smallest absolute Gasteiger partial charge is 0.223 e. The van der Waals surface area contributed by atoms with Gasteiger partial charge in [0.15, 0.2) is 0 Å². The summed E-state index contributed by atoms with van der Waals surface area (Å²) in [7, 11) is -3.55. The number of rotatable bonds is 6. The summed E-state index contributed by atoms with van der Waals surface area (Å²) >= 11 is 7.27. The average Bonchev–Trinajstić information content (AvgIpc) is 3.13. The van der Waals surface area contributed by atoms with E-state index in [9.17, 15) is 8.42 Å². The van der Waals surface area contributed by atoms with E-state index in [-0.39, 0.29) is 11.4 Å². The zero-order chi connectivity index (χ0) is 18.0. The Kier molecular flexibility index (Phi) is 5.24. The molecule has 2 heterocycles. The van der Waals surface area contributed by atoms with E-state index in [4.69, 9.17) is 11.6 Å². The maximum atomic E-state index is 12.2. The first-order chi connectivity index (χ1) is 11.8. The van der Waals surface area contributed by atoms with Crippen molar-refractivity contribution in [2.75, 3.05) is 6.54 Å². The molecule has 0 aliphatic heterocycles. The van der Waals surface area contributed by atoms with E-state index in [2.05, 4.69) is 14.8 Å². The van der Waals surface area contributed by atoms with E-state index in [1.165, 1.54) is 23.5 Å². The van der Waals surface area contributed by atoms with E-state index in [1.54, 1.807) is 16.8 Å². The van der Waals surface area contributed by atoms with Crippen LogP contribution in [0.2, 0.25) is 5.02 Å². The Morgan fingerprint density at radius 1 is 1.24 bits per heavy atom. The molecule has 0 saturated carbocycles. The Morgan fingerprint density at radius 3 is 2.60 bits per heavy atom. The highest BCUT2D eigenvalue weighted by molar-refractivity contribution is 7.89. The van der Waals surface area contributed by atoms with Gasteiger partial charge in [-0.15, -0.1) is 11.3 Å². The van der Waals surface area contributed by atoms with Crippen molar-refractivity contribution in [3.63, 3.8) is 0 Å². The summed E-state index contributed by atoms with van der Waals surface area (Å²) in [6, 6.07) is 8.05. The molecule has 0 saturated heterocycles. The topological polar surface area (TPSA) is 76.9 Å². The highest BCUT2D eigenvalue weighted by atomic mass is 35.5. The van der Waals surface area contributed by atoms with Crippen LogP contribution in [0.5, 0.6) is 0 Å². The number of hydrogen-bond donors (Lipinski definition) is 1. The lowest BCUT2D eigenvalue weighted by molar-refractivity contribution is 0.581. The van der Waals surface area contributed by atoms with Crippen LogP contribution in [0.25, 0.3) is 5.13 Å². The highest BCUT2D eigenvalue weighted by Crippen LogP contribution is 2.18. The monoisotopic (exact) mass is 396 g/mol. The number of halogens is 1. The number of sulfonamides is 1. The lowest BCUT2D eigenvalue weighted by atomic mass is 10.3. The zero-order valence-electron chi connectivity index (χ0n) is 13.7. The van der Waals surface area contributed by atoms with Crippen molar-refractivity contribution in [3.05, 3.63) is 57.8 Å². The minimum atomic E-state index is -3.55. The molecule has 1 N–H and O–H groups in total. The summed E-state index contributed by atoms with van der Waals surface area (Å²) in [6.45, 7) is 4.18. The van der Waals surface area contributed by atoms with E-state index < -0.39 is 10.0 Å². The Balaban J connectivity index is 1.63. The molecule has 132 valence electrons. The van der Waals surface area contributed by atoms with Gasteiger partial charge in [-0.05, 0) is 44.2 Å². The molecule has 0 amide bonds. The Morgan fingerprint density at radius 2 is 1.96 bits per heavy atom. The largest absolute Gasteiger partial charge is 0.240 e. The maximum absolute atomic E-state index is 12.2. The summed E-state index contributed by atoms with van der Waals surface area (Å²) in [4.78, 5) is 4.72. The van der Waals surface area contributed by atoms with Gasteiger partial charge in [-0.1, -0.05) is 11.6 Å². The molecular weight excluding hydrogens is 380 g/mol. The van der Waals surface area contributed by atoms with Gasteiger partial charge in [0.25, 0.3) is 0 Å². The molecule has 0 spiro atoms. The average molecular weight is 397 g/mol. The fourth-order valence-corrected chi connectivity index (χ4v) is 4.37. The highest BCUT2D eigenvalue weighted by Gasteiger charge is 2.14. The summed E-state index contributed by atoms with van der Waals surface area (Å²) in [5, 5.41) is 7.60. The second-order valence-electron chi connectivity index (χ2n) is 5.56. The van der Waals surface area contributed by atoms with Gasteiger partial charge in [0.1, 0.15) is 0 Å². The Hall–Kier alpha value is -1.74. The molecule has 3 aromatic rings. The normalized spacial score (nSPS) is 11.8. The standard InChI is InChI=1S/C16H17ClN4O2S2/c1-11-9-12(2)21(20-11)16-19-14(10-24-16)7-8-18-25(22,23)15-5-3-13(17)4-6-15/h3-6,9-10,18H,7-8H2,1-2H3. The first kappa shape index (κ1) is 18.1. The Labute approximate surface area is 155 Å². The van der Waals surface area contributed by atoms with Crippen molar-refractivity contribution in [3.8, 4) is 5.13 Å². The summed E-state index contributed by atoms with van der Waals surface area (Å²) in [5.41, 5.74) is 2.78. The molecule has 2 aromatic heterocycles. The third-order valence-electron chi connectivity index (χ3n) is 3.53. The van der Waals surface area contributed by atoms with Gasteiger partial charge in [-0.2, -0.15) is 5.10 Å².